The van der Waals surface area contributed by atoms with E-state index in [1.54, 1.807) is 7.11 Å². The maximum atomic E-state index is 5.87. The van der Waals surface area contributed by atoms with E-state index in [1.165, 1.54) is 5.69 Å². The van der Waals surface area contributed by atoms with Gasteiger partial charge >= 0.3 is 0 Å². The molecule has 0 aliphatic carbocycles. The van der Waals surface area contributed by atoms with Crippen LogP contribution in [0.4, 0.5) is 11.4 Å². The van der Waals surface area contributed by atoms with E-state index in [9.17, 15) is 0 Å². The van der Waals surface area contributed by atoms with Gasteiger partial charge in [-0.2, -0.15) is 0 Å². The lowest BCUT2D eigenvalue weighted by molar-refractivity contribution is 0.122. The summed E-state index contributed by atoms with van der Waals surface area (Å²) in [4.78, 5) is 6.93. The SMILES string of the molecule is COc1cc(C=Nc2ccc(N3CCOCC3)cc2)cc(I)c1OC(C)C. The number of morpholine rings is 1. The fourth-order valence-electron chi connectivity index (χ4n) is 2.88. The first kappa shape index (κ1) is 19.9. The van der Waals surface area contributed by atoms with Gasteiger partial charge in [0.05, 0.1) is 35.7 Å². The maximum Gasteiger partial charge on any atom is 0.174 e. The molecule has 0 spiro atoms. The second-order valence-electron chi connectivity index (χ2n) is 6.57. The van der Waals surface area contributed by atoms with Gasteiger partial charge in [-0.25, -0.2) is 0 Å². The van der Waals surface area contributed by atoms with Crippen LogP contribution in [0.15, 0.2) is 41.4 Å². The lowest BCUT2D eigenvalue weighted by atomic mass is 10.2. The highest BCUT2D eigenvalue weighted by atomic mass is 127. The standard InChI is InChI=1S/C21H25IN2O3/c1-15(2)27-21-19(22)12-16(13-20(21)25-3)14-23-17-4-6-18(7-5-17)24-8-10-26-11-9-24/h4-7,12-15H,8-11H2,1-3H3. The monoisotopic (exact) mass is 480 g/mol. The zero-order chi connectivity index (χ0) is 19.2. The number of anilines is 1. The van der Waals surface area contributed by atoms with Crippen molar-refractivity contribution in [2.45, 2.75) is 20.0 Å². The van der Waals surface area contributed by atoms with E-state index in [0.717, 1.165) is 52.6 Å². The summed E-state index contributed by atoms with van der Waals surface area (Å²) in [5, 5.41) is 0. The Labute approximate surface area is 174 Å². The summed E-state index contributed by atoms with van der Waals surface area (Å²) in [6.07, 6.45) is 1.95. The summed E-state index contributed by atoms with van der Waals surface area (Å²) in [5.74, 6) is 1.50. The molecule has 144 valence electrons. The van der Waals surface area contributed by atoms with Crippen molar-refractivity contribution in [1.29, 1.82) is 0 Å². The Bertz CT molecular complexity index is 785. The van der Waals surface area contributed by atoms with Crippen LogP contribution >= 0.6 is 22.6 Å². The third kappa shape index (κ3) is 5.35. The molecule has 3 rings (SSSR count). The Morgan fingerprint density at radius 2 is 1.85 bits per heavy atom. The third-order valence-corrected chi connectivity index (χ3v) is 5.00. The van der Waals surface area contributed by atoms with Crippen molar-refractivity contribution in [2.24, 2.45) is 4.99 Å². The molecule has 0 bridgehead atoms. The first-order valence-corrected chi connectivity index (χ1v) is 10.2. The average molecular weight is 480 g/mol. The van der Waals surface area contributed by atoms with E-state index in [1.807, 2.05) is 44.3 Å². The fraction of sp³-hybridized carbons (Fsp3) is 0.381. The molecule has 0 N–H and O–H groups in total. The Morgan fingerprint density at radius 1 is 1.15 bits per heavy atom. The van der Waals surface area contributed by atoms with Crippen LogP contribution < -0.4 is 14.4 Å². The summed E-state index contributed by atoms with van der Waals surface area (Å²) >= 11 is 2.27. The molecular formula is C21H25IN2O3. The number of methoxy groups -OCH3 is 1. The number of ether oxygens (including phenoxy) is 3. The molecule has 1 fully saturated rings. The van der Waals surface area contributed by atoms with E-state index in [-0.39, 0.29) is 6.10 Å². The van der Waals surface area contributed by atoms with E-state index in [4.69, 9.17) is 14.2 Å². The highest BCUT2D eigenvalue weighted by Crippen LogP contribution is 2.34. The van der Waals surface area contributed by atoms with Crippen LogP contribution in [0.1, 0.15) is 19.4 Å². The number of rotatable bonds is 6. The molecule has 2 aromatic rings. The van der Waals surface area contributed by atoms with Crippen LogP contribution in [0.25, 0.3) is 0 Å². The Hall–Kier alpha value is -1.80. The second kappa shape index (κ2) is 9.41. The summed E-state index contributed by atoms with van der Waals surface area (Å²) in [5.41, 5.74) is 3.11. The largest absolute Gasteiger partial charge is 0.493 e. The molecule has 1 saturated heterocycles. The molecule has 0 saturated carbocycles. The molecule has 0 amide bonds. The number of hydrogen-bond acceptors (Lipinski definition) is 5. The van der Waals surface area contributed by atoms with Crippen molar-refractivity contribution in [2.75, 3.05) is 38.3 Å². The molecule has 0 unspecified atom stereocenters. The highest BCUT2D eigenvalue weighted by molar-refractivity contribution is 14.1. The van der Waals surface area contributed by atoms with Gasteiger partial charge in [0.15, 0.2) is 11.5 Å². The highest BCUT2D eigenvalue weighted by Gasteiger charge is 2.13. The van der Waals surface area contributed by atoms with Crippen LogP contribution in [-0.2, 0) is 4.74 Å². The van der Waals surface area contributed by atoms with Crippen LogP contribution in [0, 0.1) is 3.57 Å². The van der Waals surface area contributed by atoms with Gasteiger partial charge in [0.25, 0.3) is 0 Å². The van der Waals surface area contributed by atoms with E-state index in [0.29, 0.717) is 0 Å². The maximum absolute atomic E-state index is 5.87. The predicted octanol–water partition coefficient (Wildman–Crippen LogP) is 4.67. The van der Waals surface area contributed by atoms with Crippen molar-refractivity contribution in [3.05, 3.63) is 45.5 Å². The normalized spacial score (nSPS) is 14.8. The van der Waals surface area contributed by atoms with Crippen LogP contribution in [0.2, 0.25) is 0 Å². The number of nitrogens with zero attached hydrogens (tertiary/aromatic N) is 2. The molecule has 0 radical (unpaired) electrons. The minimum atomic E-state index is 0.0944. The molecule has 2 aromatic carbocycles. The van der Waals surface area contributed by atoms with Gasteiger partial charge in [0.2, 0.25) is 0 Å². The molecular weight excluding hydrogens is 455 g/mol. The van der Waals surface area contributed by atoms with Crippen molar-refractivity contribution >= 4 is 40.2 Å². The summed E-state index contributed by atoms with van der Waals surface area (Å²) in [7, 11) is 1.66. The van der Waals surface area contributed by atoms with Crippen molar-refractivity contribution in [3.63, 3.8) is 0 Å². The summed E-state index contributed by atoms with van der Waals surface area (Å²) < 4.78 is 17.8. The van der Waals surface area contributed by atoms with Gasteiger partial charge in [-0.1, -0.05) is 0 Å². The average Bonchev–Trinajstić information content (AvgIpc) is 2.69. The van der Waals surface area contributed by atoms with Crippen LogP contribution in [0.5, 0.6) is 11.5 Å². The molecule has 0 aromatic heterocycles. The number of benzene rings is 2. The van der Waals surface area contributed by atoms with Gasteiger partial charge in [-0.05, 0) is 78.4 Å². The number of hydrogen-bond donors (Lipinski definition) is 0. The van der Waals surface area contributed by atoms with Crippen molar-refractivity contribution in [1.82, 2.24) is 0 Å². The third-order valence-electron chi connectivity index (χ3n) is 4.19. The van der Waals surface area contributed by atoms with E-state index >= 15 is 0 Å². The summed E-state index contributed by atoms with van der Waals surface area (Å²) in [6, 6.07) is 12.3. The molecule has 0 atom stereocenters. The number of halogens is 1. The van der Waals surface area contributed by atoms with Gasteiger partial charge in [-0.15, -0.1) is 0 Å². The molecule has 5 nitrogen and oxygen atoms in total. The zero-order valence-electron chi connectivity index (χ0n) is 15.9. The van der Waals surface area contributed by atoms with Gasteiger partial charge in [0.1, 0.15) is 0 Å². The van der Waals surface area contributed by atoms with Gasteiger partial charge in [-0.3, -0.25) is 4.99 Å². The van der Waals surface area contributed by atoms with E-state index < -0.39 is 0 Å². The molecule has 1 heterocycles. The van der Waals surface area contributed by atoms with Gasteiger partial charge in [0, 0.05) is 25.0 Å². The minimum absolute atomic E-state index is 0.0944. The lowest BCUT2D eigenvalue weighted by Crippen LogP contribution is -2.36. The molecule has 27 heavy (non-hydrogen) atoms. The quantitative estimate of drug-likeness (QED) is 0.445. The molecule has 6 heteroatoms. The van der Waals surface area contributed by atoms with Crippen LogP contribution in [0.3, 0.4) is 0 Å². The summed E-state index contributed by atoms with van der Waals surface area (Å²) in [6.45, 7) is 7.46. The first-order chi connectivity index (χ1) is 13.1. The fourth-order valence-corrected chi connectivity index (χ4v) is 3.64. The Kier molecular flexibility index (Phi) is 6.95. The Morgan fingerprint density at radius 3 is 2.48 bits per heavy atom. The molecule has 1 aliphatic rings. The predicted molar refractivity (Wildman–Crippen MR) is 118 cm³/mol. The number of aliphatic imine (C=N–C) groups is 1. The van der Waals surface area contributed by atoms with Crippen molar-refractivity contribution < 1.29 is 14.2 Å². The van der Waals surface area contributed by atoms with Crippen molar-refractivity contribution in [3.8, 4) is 11.5 Å². The topological polar surface area (TPSA) is 43.3 Å². The first-order valence-electron chi connectivity index (χ1n) is 9.08. The smallest absolute Gasteiger partial charge is 0.174 e. The Balaban J connectivity index is 1.74. The van der Waals surface area contributed by atoms with Crippen LogP contribution in [-0.4, -0.2) is 45.7 Å². The molecule has 1 aliphatic heterocycles. The zero-order valence-corrected chi connectivity index (χ0v) is 18.1. The minimum Gasteiger partial charge on any atom is -0.493 e. The van der Waals surface area contributed by atoms with Gasteiger partial charge < -0.3 is 19.1 Å². The second-order valence-corrected chi connectivity index (χ2v) is 7.74. The lowest BCUT2D eigenvalue weighted by Gasteiger charge is -2.28. The van der Waals surface area contributed by atoms with E-state index in [2.05, 4.69) is 44.6 Å².